The van der Waals surface area contributed by atoms with Crippen molar-refractivity contribution in [2.45, 2.75) is 33.6 Å². The Morgan fingerprint density at radius 2 is 1.91 bits per heavy atom. The molecule has 1 N–H and O–H groups in total. The van der Waals surface area contributed by atoms with Crippen molar-refractivity contribution in [2.75, 3.05) is 0 Å². The average Bonchev–Trinajstić information content (AvgIpc) is 1.87. The van der Waals surface area contributed by atoms with Crippen LogP contribution in [0.25, 0.3) is 0 Å². The van der Waals surface area contributed by atoms with Crippen LogP contribution in [0.4, 0.5) is 0 Å². The molecule has 0 saturated heterocycles. The molecule has 0 atom stereocenters. The fourth-order valence-electron chi connectivity index (χ4n) is 0.799. The van der Waals surface area contributed by atoms with E-state index in [0.717, 1.165) is 19.1 Å². The third-order valence-electron chi connectivity index (χ3n) is 1.45. The Hall–Kier alpha value is -0.720. The van der Waals surface area contributed by atoms with Gasteiger partial charge in [-0.25, -0.2) is 0 Å². The summed E-state index contributed by atoms with van der Waals surface area (Å²) in [5, 5.41) is 8.43. The summed E-state index contributed by atoms with van der Waals surface area (Å²) in [6.45, 7) is 6.21. The minimum Gasteiger partial charge on any atom is -0.516 e. The first kappa shape index (κ1) is 10.3. The molecule has 0 bridgehead atoms. The number of aliphatic hydroxyl groups is 1. The molecule has 0 aliphatic heterocycles. The lowest BCUT2D eigenvalue weighted by molar-refractivity contribution is 0.471. The first-order valence-electron chi connectivity index (χ1n) is 3.93. The molecule has 0 aromatic heterocycles. The fraction of sp³-hybridized carbons (Fsp3) is 0.500. The lowest BCUT2D eigenvalue weighted by atomic mass is 10.1. The van der Waals surface area contributed by atoms with E-state index in [1.165, 1.54) is 11.5 Å². The summed E-state index contributed by atoms with van der Waals surface area (Å²) in [5.74, 6) is 1.21. The van der Waals surface area contributed by atoms with Crippen LogP contribution in [-0.4, -0.2) is 5.11 Å². The van der Waals surface area contributed by atoms with Crippen molar-refractivity contribution in [1.29, 1.82) is 0 Å². The van der Waals surface area contributed by atoms with Gasteiger partial charge in [-0.05, 0) is 38.7 Å². The Morgan fingerprint density at radius 1 is 1.27 bits per heavy atom. The zero-order valence-corrected chi connectivity index (χ0v) is 7.59. The first-order chi connectivity index (χ1) is 5.16. The van der Waals surface area contributed by atoms with Crippen LogP contribution in [-0.2, 0) is 0 Å². The third kappa shape index (κ3) is 7.17. The summed E-state index contributed by atoms with van der Waals surface area (Å²) in [7, 11) is 0. The Bertz CT molecular complexity index is 141. The van der Waals surface area contributed by atoms with E-state index in [1.54, 1.807) is 6.08 Å². The zero-order valence-electron chi connectivity index (χ0n) is 7.59. The number of rotatable bonds is 4. The molecular weight excluding hydrogens is 136 g/mol. The molecule has 63 valence electrons. The van der Waals surface area contributed by atoms with Gasteiger partial charge in [0.25, 0.3) is 0 Å². The molecule has 1 nitrogen and oxygen atoms in total. The molecule has 0 heterocycles. The molecule has 0 spiro atoms. The van der Waals surface area contributed by atoms with Gasteiger partial charge in [-0.2, -0.15) is 0 Å². The molecule has 0 aliphatic carbocycles. The maximum Gasteiger partial charge on any atom is 0.0757 e. The van der Waals surface area contributed by atoms with Gasteiger partial charge >= 0.3 is 0 Å². The van der Waals surface area contributed by atoms with E-state index in [4.69, 9.17) is 5.11 Å². The minimum absolute atomic E-state index is 1.03. The maximum absolute atomic E-state index is 8.43. The van der Waals surface area contributed by atoms with Gasteiger partial charge in [0.15, 0.2) is 0 Å². The Labute approximate surface area is 69.4 Å². The quantitative estimate of drug-likeness (QED) is 0.485. The molecule has 0 rings (SSSR count). The smallest absolute Gasteiger partial charge is 0.0757 e. The van der Waals surface area contributed by atoms with E-state index in [-0.39, 0.29) is 0 Å². The normalized spacial score (nSPS) is 10.9. The summed E-state index contributed by atoms with van der Waals surface area (Å²) in [5.41, 5.74) is 1.35. The van der Waals surface area contributed by atoms with Crippen LogP contribution in [0.5, 0.6) is 0 Å². The van der Waals surface area contributed by atoms with Gasteiger partial charge in [0.1, 0.15) is 0 Å². The number of aliphatic hydroxyl groups excluding tert-OH is 1. The van der Waals surface area contributed by atoms with Crippen LogP contribution in [0.2, 0.25) is 0 Å². The zero-order chi connectivity index (χ0) is 8.69. The average molecular weight is 153 g/mol. The molecular formula is C10H17O. The fourth-order valence-corrected chi connectivity index (χ4v) is 0.799. The Balaban J connectivity index is 3.46. The molecule has 0 saturated carbocycles. The first-order valence-corrected chi connectivity index (χ1v) is 3.93. The summed E-state index contributed by atoms with van der Waals surface area (Å²) in [4.78, 5) is 0. The molecule has 0 aromatic carbocycles. The second-order valence-electron chi connectivity index (χ2n) is 2.98. The summed E-state index contributed by atoms with van der Waals surface area (Å²) >= 11 is 0. The topological polar surface area (TPSA) is 20.2 Å². The van der Waals surface area contributed by atoms with Crippen molar-refractivity contribution in [2.24, 2.45) is 0 Å². The van der Waals surface area contributed by atoms with Gasteiger partial charge in [0.2, 0.25) is 0 Å². The SMILES string of the molecule is C[C](/C=C/O)CCC=C(C)C. The summed E-state index contributed by atoms with van der Waals surface area (Å²) < 4.78 is 0. The minimum atomic E-state index is 1.03. The van der Waals surface area contributed by atoms with Gasteiger partial charge < -0.3 is 5.11 Å². The molecule has 1 radical (unpaired) electrons. The van der Waals surface area contributed by atoms with E-state index in [2.05, 4.69) is 19.9 Å². The van der Waals surface area contributed by atoms with Gasteiger partial charge in [-0.3, -0.25) is 0 Å². The van der Waals surface area contributed by atoms with Gasteiger partial charge in [0.05, 0.1) is 6.26 Å². The number of hydrogen-bond donors (Lipinski definition) is 1. The molecule has 11 heavy (non-hydrogen) atoms. The van der Waals surface area contributed by atoms with Crippen LogP contribution in [0.1, 0.15) is 33.6 Å². The van der Waals surface area contributed by atoms with Crippen molar-refractivity contribution < 1.29 is 5.11 Å². The molecule has 0 aromatic rings. The van der Waals surface area contributed by atoms with E-state index in [1.807, 2.05) is 6.92 Å². The van der Waals surface area contributed by atoms with Crippen molar-refractivity contribution in [3.63, 3.8) is 0 Å². The highest BCUT2D eigenvalue weighted by atomic mass is 16.2. The maximum atomic E-state index is 8.43. The Kier molecular flexibility index (Phi) is 5.63. The number of allylic oxidation sites excluding steroid dienone is 3. The summed E-state index contributed by atoms with van der Waals surface area (Å²) in [6.07, 6.45) is 7.13. The Morgan fingerprint density at radius 3 is 2.36 bits per heavy atom. The highest BCUT2D eigenvalue weighted by Crippen LogP contribution is 2.10. The van der Waals surface area contributed by atoms with E-state index < -0.39 is 0 Å². The standard InChI is InChI=1S/C10H17O/c1-9(2)5-4-6-10(3)7-8-11/h5,7-8,11H,4,6H2,1-3H3/b8-7+. The largest absolute Gasteiger partial charge is 0.516 e. The molecule has 0 unspecified atom stereocenters. The van der Waals surface area contributed by atoms with Crippen molar-refractivity contribution in [3.8, 4) is 0 Å². The van der Waals surface area contributed by atoms with E-state index >= 15 is 0 Å². The second-order valence-corrected chi connectivity index (χ2v) is 2.98. The highest BCUT2D eigenvalue weighted by molar-refractivity contribution is 5.05. The lowest BCUT2D eigenvalue weighted by Crippen LogP contribution is -1.84. The predicted octanol–water partition coefficient (Wildman–Crippen LogP) is 3.40. The molecule has 0 fully saturated rings. The number of hydrogen-bond acceptors (Lipinski definition) is 1. The highest BCUT2D eigenvalue weighted by Gasteiger charge is 1.94. The molecule has 0 aliphatic rings. The monoisotopic (exact) mass is 153 g/mol. The second kappa shape index (κ2) is 6.02. The van der Waals surface area contributed by atoms with Crippen LogP contribution < -0.4 is 0 Å². The van der Waals surface area contributed by atoms with Crippen molar-refractivity contribution in [1.82, 2.24) is 0 Å². The molecule has 0 amide bonds. The van der Waals surface area contributed by atoms with Gasteiger partial charge in [0, 0.05) is 0 Å². The third-order valence-corrected chi connectivity index (χ3v) is 1.45. The van der Waals surface area contributed by atoms with E-state index in [0.29, 0.717) is 0 Å². The molecule has 1 heteroatoms. The summed E-state index contributed by atoms with van der Waals surface area (Å²) in [6, 6.07) is 0. The van der Waals surface area contributed by atoms with E-state index in [9.17, 15) is 0 Å². The predicted molar refractivity (Wildman–Crippen MR) is 49.4 cm³/mol. The van der Waals surface area contributed by atoms with Crippen LogP contribution >= 0.6 is 0 Å². The van der Waals surface area contributed by atoms with Gasteiger partial charge in [-0.1, -0.05) is 18.6 Å². The van der Waals surface area contributed by atoms with Crippen LogP contribution in [0.15, 0.2) is 24.0 Å². The van der Waals surface area contributed by atoms with Crippen molar-refractivity contribution in [3.05, 3.63) is 29.9 Å². The van der Waals surface area contributed by atoms with Crippen LogP contribution in [0.3, 0.4) is 0 Å². The van der Waals surface area contributed by atoms with Crippen LogP contribution in [0, 0.1) is 5.92 Å². The van der Waals surface area contributed by atoms with Crippen molar-refractivity contribution >= 4 is 0 Å². The lowest BCUT2D eigenvalue weighted by Gasteiger charge is -2.00. The van der Waals surface area contributed by atoms with Gasteiger partial charge in [-0.15, -0.1) is 0 Å².